The number of likely N-dealkylation sites (N-methyl/N-ethyl adjacent to an activating group) is 1. The van der Waals surface area contributed by atoms with Crippen molar-refractivity contribution in [3.05, 3.63) is 29.0 Å². The number of hydrogen-bond acceptors (Lipinski definition) is 2. The number of benzene rings is 1. The van der Waals surface area contributed by atoms with Crippen LogP contribution in [0.25, 0.3) is 0 Å². The van der Waals surface area contributed by atoms with E-state index in [0.29, 0.717) is 6.54 Å². The van der Waals surface area contributed by atoms with E-state index >= 15 is 0 Å². The van der Waals surface area contributed by atoms with Crippen molar-refractivity contribution in [1.29, 1.82) is 0 Å². The summed E-state index contributed by atoms with van der Waals surface area (Å²) in [6.07, 6.45) is 1.85. The minimum Gasteiger partial charge on any atom is -0.486 e. The van der Waals surface area contributed by atoms with Gasteiger partial charge in [-0.15, -0.1) is 0 Å². The Kier molecular flexibility index (Phi) is 5.56. The molecule has 1 rings (SSSR count). The van der Waals surface area contributed by atoms with Crippen LogP contribution in [0.3, 0.4) is 0 Å². The summed E-state index contributed by atoms with van der Waals surface area (Å²) >= 11 is 5.68. The van der Waals surface area contributed by atoms with Crippen molar-refractivity contribution in [2.24, 2.45) is 0 Å². The Bertz CT molecular complexity index is 327. The summed E-state index contributed by atoms with van der Waals surface area (Å²) in [7, 11) is 1.85. The van der Waals surface area contributed by atoms with Crippen LogP contribution in [-0.2, 0) is 0 Å². The third-order valence-electron chi connectivity index (χ3n) is 2.25. The van der Waals surface area contributed by atoms with Gasteiger partial charge in [-0.1, -0.05) is 31.0 Å². The normalized spacial score (nSPS) is 12.5. The fourth-order valence-electron chi connectivity index (χ4n) is 1.51. The summed E-state index contributed by atoms with van der Waals surface area (Å²) in [6.45, 7) is 2.76. The predicted molar refractivity (Wildman–Crippen MR) is 64.7 cm³/mol. The van der Waals surface area contributed by atoms with Crippen molar-refractivity contribution in [2.75, 3.05) is 13.6 Å². The average molecular weight is 246 g/mol. The van der Waals surface area contributed by atoms with E-state index in [1.165, 1.54) is 6.07 Å². The van der Waals surface area contributed by atoms with Crippen molar-refractivity contribution >= 4 is 11.6 Å². The van der Waals surface area contributed by atoms with Crippen LogP contribution in [0.1, 0.15) is 19.8 Å². The molecule has 16 heavy (non-hydrogen) atoms. The summed E-state index contributed by atoms with van der Waals surface area (Å²) in [6, 6.07) is 4.79. The lowest BCUT2D eigenvalue weighted by atomic mass is 10.2. The van der Waals surface area contributed by atoms with Gasteiger partial charge in [0, 0.05) is 6.54 Å². The molecule has 0 saturated carbocycles. The van der Waals surface area contributed by atoms with Gasteiger partial charge in [0.2, 0.25) is 0 Å². The first-order valence-corrected chi connectivity index (χ1v) is 5.82. The van der Waals surface area contributed by atoms with E-state index in [0.717, 1.165) is 12.8 Å². The van der Waals surface area contributed by atoms with Crippen LogP contribution >= 0.6 is 11.6 Å². The van der Waals surface area contributed by atoms with E-state index in [1.54, 1.807) is 12.1 Å². The molecule has 90 valence electrons. The zero-order valence-corrected chi connectivity index (χ0v) is 10.4. The molecule has 0 aromatic heterocycles. The second kappa shape index (κ2) is 6.71. The first-order chi connectivity index (χ1) is 7.69. The molecule has 0 amide bonds. The van der Waals surface area contributed by atoms with Gasteiger partial charge in [0.25, 0.3) is 0 Å². The van der Waals surface area contributed by atoms with Crippen molar-refractivity contribution in [2.45, 2.75) is 25.9 Å². The first-order valence-electron chi connectivity index (χ1n) is 5.44. The second-order valence-electron chi connectivity index (χ2n) is 3.64. The molecule has 0 aliphatic rings. The van der Waals surface area contributed by atoms with E-state index < -0.39 is 5.82 Å². The molecule has 0 spiro atoms. The van der Waals surface area contributed by atoms with Crippen LogP contribution in [0.4, 0.5) is 4.39 Å². The van der Waals surface area contributed by atoms with Crippen molar-refractivity contribution < 1.29 is 9.13 Å². The van der Waals surface area contributed by atoms with Crippen LogP contribution < -0.4 is 10.1 Å². The molecule has 2 nitrogen and oxygen atoms in total. The topological polar surface area (TPSA) is 21.3 Å². The Morgan fingerprint density at radius 1 is 1.50 bits per heavy atom. The molecule has 1 aromatic carbocycles. The summed E-state index contributed by atoms with van der Waals surface area (Å²) in [4.78, 5) is 0. The zero-order chi connectivity index (χ0) is 12.0. The molecular formula is C12H17ClFNO. The highest BCUT2D eigenvalue weighted by Crippen LogP contribution is 2.25. The van der Waals surface area contributed by atoms with Gasteiger partial charge in [-0.3, -0.25) is 0 Å². The fraction of sp³-hybridized carbons (Fsp3) is 0.500. The largest absolute Gasteiger partial charge is 0.486 e. The predicted octanol–water partition coefficient (Wildman–Crippen LogP) is 3.25. The molecule has 4 heteroatoms. The standard InChI is InChI=1S/C12H17ClFNO/c1-3-5-9(8-15-2)16-11-7-4-6-10(13)12(11)14/h4,6-7,9,15H,3,5,8H2,1-2H3. The number of rotatable bonds is 6. The van der Waals surface area contributed by atoms with Crippen LogP contribution in [0, 0.1) is 5.82 Å². The average Bonchev–Trinajstić information content (AvgIpc) is 2.25. The molecule has 1 unspecified atom stereocenters. The Hall–Kier alpha value is -0.800. The maximum absolute atomic E-state index is 13.6. The SMILES string of the molecule is CCCC(CNC)Oc1cccc(Cl)c1F. The fourth-order valence-corrected chi connectivity index (χ4v) is 1.67. The molecule has 0 bridgehead atoms. The molecule has 1 N–H and O–H groups in total. The summed E-state index contributed by atoms with van der Waals surface area (Å²) < 4.78 is 19.2. The highest BCUT2D eigenvalue weighted by molar-refractivity contribution is 6.30. The van der Waals surface area contributed by atoms with E-state index in [2.05, 4.69) is 12.2 Å². The Balaban J connectivity index is 2.72. The van der Waals surface area contributed by atoms with E-state index in [9.17, 15) is 4.39 Å². The lowest BCUT2D eigenvalue weighted by Crippen LogP contribution is -2.29. The van der Waals surface area contributed by atoms with Crippen LogP contribution in [0.15, 0.2) is 18.2 Å². The second-order valence-corrected chi connectivity index (χ2v) is 4.05. The Morgan fingerprint density at radius 3 is 2.88 bits per heavy atom. The number of hydrogen-bond donors (Lipinski definition) is 1. The van der Waals surface area contributed by atoms with Gasteiger partial charge < -0.3 is 10.1 Å². The Morgan fingerprint density at radius 2 is 2.25 bits per heavy atom. The molecular weight excluding hydrogens is 229 g/mol. The van der Waals surface area contributed by atoms with Crippen LogP contribution in [0.2, 0.25) is 5.02 Å². The highest BCUT2D eigenvalue weighted by atomic mass is 35.5. The van der Waals surface area contributed by atoms with Gasteiger partial charge in [0.05, 0.1) is 5.02 Å². The van der Waals surface area contributed by atoms with Gasteiger partial charge in [0.1, 0.15) is 6.10 Å². The maximum Gasteiger partial charge on any atom is 0.183 e. The van der Waals surface area contributed by atoms with E-state index in [-0.39, 0.29) is 16.9 Å². The van der Waals surface area contributed by atoms with E-state index in [4.69, 9.17) is 16.3 Å². The lowest BCUT2D eigenvalue weighted by molar-refractivity contribution is 0.181. The molecule has 0 aliphatic heterocycles. The zero-order valence-electron chi connectivity index (χ0n) is 9.59. The molecule has 0 radical (unpaired) electrons. The molecule has 1 aromatic rings. The van der Waals surface area contributed by atoms with Gasteiger partial charge >= 0.3 is 0 Å². The number of ether oxygens (including phenoxy) is 1. The van der Waals surface area contributed by atoms with Gasteiger partial charge in [0.15, 0.2) is 11.6 Å². The van der Waals surface area contributed by atoms with Gasteiger partial charge in [-0.05, 0) is 25.6 Å². The summed E-state index contributed by atoms with van der Waals surface area (Å²) in [5.74, 6) is -0.262. The maximum atomic E-state index is 13.6. The van der Waals surface area contributed by atoms with Crippen LogP contribution in [-0.4, -0.2) is 19.7 Å². The molecule has 1 atom stereocenters. The van der Waals surface area contributed by atoms with Crippen LogP contribution in [0.5, 0.6) is 5.75 Å². The number of nitrogens with one attached hydrogen (secondary N) is 1. The molecule has 0 heterocycles. The summed E-state index contributed by atoms with van der Waals surface area (Å²) in [5, 5.41) is 3.12. The molecule has 0 aliphatic carbocycles. The first kappa shape index (κ1) is 13.3. The molecule has 0 fully saturated rings. The minimum atomic E-state index is -0.485. The lowest BCUT2D eigenvalue weighted by Gasteiger charge is -2.18. The smallest absolute Gasteiger partial charge is 0.183 e. The monoisotopic (exact) mass is 245 g/mol. The van der Waals surface area contributed by atoms with E-state index in [1.807, 2.05) is 7.05 Å². The number of halogens is 2. The quantitative estimate of drug-likeness (QED) is 0.831. The third kappa shape index (κ3) is 3.65. The highest BCUT2D eigenvalue weighted by Gasteiger charge is 2.13. The minimum absolute atomic E-state index is 0.0250. The van der Waals surface area contributed by atoms with Gasteiger partial charge in [-0.2, -0.15) is 0 Å². The summed E-state index contributed by atoms with van der Waals surface area (Å²) in [5.41, 5.74) is 0. The Labute approximate surface area is 101 Å². The van der Waals surface area contributed by atoms with Crippen molar-refractivity contribution in [3.8, 4) is 5.75 Å². The van der Waals surface area contributed by atoms with Crippen molar-refractivity contribution in [1.82, 2.24) is 5.32 Å². The third-order valence-corrected chi connectivity index (χ3v) is 2.54. The van der Waals surface area contributed by atoms with Crippen molar-refractivity contribution in [3.63, 3.8) is 0 Å². The van der Waals surface area contributed by atoms with Gasteiger partial charge in [-0.25, -0.2) is 4.39 Å². The molecule has 0 saturated heterocycles.